The maximum Gasteiger partial charge on any atom is 0.349 e. The SMILES string of the molecule is CCOP(=O)(CNc1nc(N)c(C(=O)N=C(N)N)nc1Cl)OCC.Cl. The Morgan fingerprint density at radius 1 is 1.28 bits per heavy atom. The third-order valence-electron chi connectivity index (χ3n) is 2.41. The minimum atomic E-state index is -3.37. The normalized spacial score (nSPS) is 10.7. The summed E-state index contributed by atoms with van der Waals surface area (Å²) in [6.07, 6.45) is -0.205. The van der Waals surface area contributed by atoms with Gasteiger partial charge in [0.1, 0.15) is 6.29 Å². The molecule has 1 heterocycles. The Balaban J connectivity index is 0.00000576. The van der Waals surface area contributed by atoms with Crippen molar-refractivity contribution in [2.75, 3.05) is 30.6 Å². The van der Waals surface area contributed by atoms with Crippen LogP contribution in [-0.4, -0.2) is 41.3 Å². The van der Waals surface area contributed by atoms with Crippen LogP contribution in [0.2, 0.25) is 5.15 Å². The number of rotatable bonds is 8. The standard InChI is InChI=1S/C11H19ClN7O4P.ClH/c1-3-22-24(21,23-4-2)5-16-9-7(12)17-6(8(13)18-9)10(20)19-11(14)15;/h3-5H2,1-2H3,(H3,13,16,18)(H4,14,15,19,20);1H. The van der Waals surface area contributed by atoms with Crippen molar-refractivity contribution in [2.24, 2.45) is 16.5 Å². The second-order valence-electron chi connectivity index (χ2n) is 4.22. The zero-order valence-electron chi connectivity index (χ0n) is 13.6. The van der Waals surface area contributed by atoms with E-state index in [4.69, 9.17) is 37.8 Å². The number of carbonyl (C=O) groups is 1. The predicted molar refractivity (Wildman–Crippen MR) is 98.2 cm³/mol. The third-order valence-corrected chi connectivity index (χ3v) is 4.52. The molecule has 0 unspecified atom stereocenters. The van der Waals surface area contributed by atoms with Crippen molar-refractivity contribution >= 4 is 55.1 Å². The number of amides is 1. The van der Waals surface area contributed by atoms with E-state index in [2.05, 4.69) is 20.3 Å². The number of halogens is 2. The lowest BCUT2D eigenvalue weighted by atomic mass is 10.4. The Kier molecular flexibility index (Phi) is 9.68. The number of carbonyl (C=O) groups excluding carboxylic acids is 1. The molecule has 1 rings (SSSR count). The van der Waals surface area contributed by atoms with Gasteiger partial charge in [0.2, 0.25) is 0 Å². The van der Waals surface area contributed by atoms with Crippen LogP contribution >= 0.6 is 31.6 Å². The largest absolute Gasteiger partial charge is 0.382 e. The van der Waals surface area contributed by atoms with Gasteiger partial charge in [-0.2, -0.15) is 4.99 Å². The lowest BCUT2D eigenvalue weighted by Gasteiger charge is -2.18. The van der Waals surface area contributed by atoms with Crippen LogP contribution in [0.1, 0.15) is 24.3 Å². The summed E-state index contributed by atoms with van der Waals surface area (Å²) in [6, 6.07) is 0. The molecule has 0 saturated carbocycles. The van der Waals surface area contributed by atoms with Crippen LogP contribution in [0.25, 0.3) is 0 Å². The van der Waals surface area contributed by atoms with Gasteiger partial charge in [0.15, 0.2) is 28.4 Å². The van der Waals surface area contributed by atoms with Crippen molar-refractivity contribution in [3.63, 3.8) is 0 Å². The van der Waals surface area contributed by atoms with E-state index in [0.717, 1.165) is 0 Å². The minimum Gasteiger partial charge on any atom is -0.382 e. The van der Waals surface area contributed by atoms with Crippen LogP contribution in [0, 0.1) is 0 Å². The van der Waals surface area contributed by atoms with E-state index in [-0.39, 0.29) is 54.4 Å². The average Bonchev–Trinajstić information content (AvgIpc) is 2.47. The smallest absolute Gasteiger partial charge is 0.349 e. The lowest BCUT2D eigenvalue weighted by Crippen LogP contribution is -2.25. The molecule has 0 aliphatic carbocycles. The van der Waals surface area contributed by atoms with Crippen LogP contribution in [0.15, 0.2) is 4.99 Å². The van der Waals surface area contributed by atoms with Gasteiger partial charge in [-0.1, -0.05) is 11.6 Å². The van der Waals surface area contributed by atoms with Crippen molar-refractivity contribution in [1.29, 1.82) is 0 Å². The van der Waals surface area contributed by atoms with Crippen LogP contribution < -0.4 is 22.5 Å². The Hall–Kier alpha value is -1.65. The summed E-state index contributed by atoms with van der Waals surface area (Å²) in [5.41, 5.74) is 15.6. The molecule has 0 atom stereocenters. The highest BCUT2D eigenvalue weighted by Crippen LogP contribution is 2.47. The Bertz CT molecular complexity index is 675. The maximum absolute atomic E-state index is 12.4. The fourth-order valence-electron chi connectivity index (χ4n) is 1.56. The first-order valence-electron chi connectivity index (χ1n) is 6.81. The van der Waals surface area contributed by atoms with Gasteiger partial charge in [0, 0.05) is 0 Å². The lowest BCUT2D eigenvalue weighted by molar-refractivity contribution is 0.0998. The molecule has 0 aromatic carbocycles. The quantitative estimate of drug-likeness (QED) is 0.273. The van der Waals surface area contributed by atoms with Crippen LogP contribution in [0.5, 0.6) is 0 Å². The van der Waals surface area contributed by atoms with E-state index in [1.165, 1.54) is 0 Å². The van der Waals surface area contributed by atoms with Gasteiger partial charge in [-0.05, 0) is 13.8 Å². The molecule has 7 N–H and O–H groups in total. The number of guanidine groups is 1. The van der Waals surface area contributed by atoms with Gasteiger partial charge in [-0.15, -0.1) is 12.4 Å². The first-order valence-corrected chi connectivity index (χ1v) is 8.92. The molecule has 0 spiro atoms. The molecule has 1 amide bonds. The number of anilines is 2. The topological polar surface area (TPSA) is 181 Å². The number of aromatic nitrogens is 2. The fourth-order valence-corrected chi connectivity index (χ4v) is 3.14. The van der Waals surface area contributed by atoms with Crippen molar-refractivity contribution in [1.82, 2.24) is 9.97 Å². The van der Waals surface area contributed by atoms with Crippen LogP contribution in [-0.2, 0) is 13.6 Å². The van der Waals surface area contributed by atoms with Gasteiger partial charge in [-0.25, -0.2) is 9.97 Å². The number of nitrogens with one attached hydrogen (secondary N) is 1. The Morgan fingerprint density at radius 3 is 2.32 bits per heavy atom. The van der Waals surface area contributed by atoms with Crippen LogP contribution in [0.4, 0.5) is 11.6 Å². The zero-order valence-corrected chi connectivity index (χ0v) is 16.0. The van der Waals surface area contributed by atoms with Crippen molar-refractivity contribution in [2.45, 2.75) is 13.8 Å². The molecule has 0 aliphatic rings. The summed E-state index contributed by atoms with van der Waals surface area (Å²) < 4.78 is 22.6. The van der Waals surface area contributed by atoms with Gasteiger partial charge >= 0.3 is 13.5 Å². The molecule has 0 bridgehead atoms. The highest BCUT2D eigenvalue weighted by atomic mass is 35.5. The number of hydrogen-bond donors (Lipinski definition) is 4. The summed E-state index contributed by atoms with van der Waals surface area (Å²) in [5, 5.41) is 2.49. The van der Waals surface area contributed by atoms with E-state index in [0.29, 0.717) is 0 Å². The van der Waals surface area contributed by atoms with E-state index in [1.807, 2.05) is 0 Å². The molecule has 0 aliphatic heterocycles. The van der Waals surface area contributed by atoms with Gasteiger partial charge in [-0.3, -0.25) is 9.36 Å². The molecule has 25 heavy (non-hydrogen) atoms. The summed E-state index contributed by atoms with van der Waals surface area (Å²) >= 11 is 5.94. The number of hydrogen-bond acceptors (Lipinski definition) is 8. The maximum atomic E-state index is 12.4. The molecule has 11 nitrogen and oxygen atoms in total. The Labute approximate surface area is 155 Å². The molecule has 1 aromatic heterocycles. The molecule has 0 fully saturated rings. The molecule has 0 radical (unpaired) electrons. The highest BCUT2D eigenvalue weighted by molar-refractivity contribution is 7.53. The molecule has 0 saturated heterocycles. The third kappa shape index (κ3) is 7.00. The summed E-state index contributed by atoms with van der Waals surface area (Å²) in [4.78, 5) is 22.7. The minimum absolute atomic E-state index is 0. The van der Waals surface area contributed by atoms with Gasteiger partial charge < -0.3 is 31.6 Å². The number of aliphatic imine (C=N–C) groups is 1. The molecular formula is C11H20Cl2N7O4P. The van der Waals surface area contributed by atoms with E-state index in [1.54, 1.807) is 13.8 Å². The first-order chi connectivity index (χ1) is 11.2. The van der Waals surface area contributed by atoms with Crippen LogP contribution in [0.3, 0.4) is 0 Å². The summed E-state index contributed by atoms with van der Waals surface area (Å²) in [5.74, 6) is -1.58. The Morgan fingerprint density at radius 2 is 1.84 bits per heavy atom. The molecule has 142 valence electrons. The second-order valence-corrected chi connectivity index (χ2v) is 6.63. The van der Waals surface area contributed by atoms with Crippen molar-refractivity contribution < 1.29 is 18.4 Å². The number of nitrogens with zero attached hydrogens (tertiary/aromatic N) is 3. The second kappa shape index (κ2) is 10.4. The first kappa shape index (κ1) is 23.4. The van der Waals surface area contributed by atoms with Gasteiger partial charge in [0.25, 0.3) is 0 Å². The van der Waals surface area contributed by atoms with Crippen molar-refractivity contribution in [3.05, 3.63) is 10.8 Å². The monoisotopic (exact) mass is 415 g/mol. The van der Waals surface area contributed by atoms with E-state index in [9.17, 15) is 9.36 Å². The highest BCUT2D eigenvalue weighted by Gasteiger charge is 2.25. The predicted octanol–water partition coefficient (Wildman–Crippen LogP) is 1.18. The average molecular weight is 416 g/mol. The molecular weight excluding hydrogens is 396 g/mol. The number of nitrogen functional groups attached to an aromatic ring is 1. The van der Waals surface area contributed by atoms with E-state index >= 15 is 0 Å². The van der Waals surface area contributed by atoms with E-state index < -0.39 is 19.5 Å². The summed E-state index contributed by atoms with van der Waals surface area (Å²) in [7, 11) is -3.37. The molecule has 14 heteroatoms. The molecule has 1 aromatic rings. The van der Waals surface area contributed by atoms with Gasteiger partial charge in [0.05, 0.1) is 13.2 Å². The number of nitrogens with two attached hydrogens (primary N) is 3. The van der Waals surface area contributed by atoms with Crippen molar-refractivity contribution in [3.8, 4) is 0 Å². The zero-order chi connectivity index (χ0) is 18.3. The fraction of sp³-hybridized carbons (Fsp3) is 0.455. The summed E-state index contributed by atoms with van der Waals surface area (Å²) in [6.45, 7) is 3.76.